The molecule has 3 nitrogen and oxygen atoms in total. The predicted molar refractivity (Wildman–Crippen MR) is 64.0 cm³/mol. The molecule has 0 aliphatic carbocycles. The zero-order chi connectivity index (χ0) is 17.1. The van der Waals surface area contributed by atoms with Crippen LogP contribution in [0.5, 0.6) is 0 Å². The summed E-state index contributed by atoms with van der Waals surface area (Å²) in [6.45, 7) is 0.957. The summed E-state index contributed by atoms with van der Waals surface area (Å²) in [5.74, 6) is -1.57. The summed E-state index contributed by atoms with van der Waals surface area (Å²) in [4.78, 5) is 10.6. The number of thioether (sulfide) groups is 1. The van der Waals surface area contributed by atoms with E-state index >= 15 is 0 Å². The van der Waals surface area contributed by atoms with Gasteiger partial charge in [-0.2, -0.15) is 31.6 Å². The van der Waals surface area contributed by atoms with Gasteiger partial charge in [-0.15, -0.1) is 0 Å². The maximum atomic E-state index is 12.9. The second kappa shape index (κ2) is 6.48. The minimum absolute atomic E-state index is 0.330. The lowest BCUT2D eigenvalue weighted by Gasteiger charge is -2.17. The Balaban J connectivity index is 3.68. The van der Waals surface area contributed by atoms with Crippen LogP contribution in [0.4, 0.5) is 26.3 Å². The molecule has 0 aromatic heterocycles. The molecule has 0 bridgehead atoms. The van der Waals surface area contributed by atoms with Crippen LogP contribution in [0.15, 0.2) is 17.0 Å². The maximum absolute atomic E-state index is 12.9. The predicted octanol–water partition coefficient (Wildman–Crippen LogP) is 4.37. The molecule has 1 rings (SSSR count). The lowest BCUT2D eigenvalue weighted by molar-refractivity contribution is -0.138. The van der Waals surface area contributed by atoms with Gasteiger partial charge in [0.2, 0.25) is 0 Å². The summed E-state index contributed by atoms with van der Waals surface area (Å²) in [6.07, 6.45) is -5.07. The lowest BCUT2D eigenvalue weighted by atomic mass is 10.0. The fourth-order valence-corrected chi connectivity index (χ4v) is 2.29. The number of hydrogen-bond acceptors (Lipinski definition) is 4. The van der Waals surface area contributed by atoms with Crippen LogP contribution in [0.2, 0.25) is 0 Å². The largest absolute Gasteiger partial charge is 0.462 e. The van der Waals surface area contributed by atoms with Crippen LogP contribution in [0.3, 0.4) is 0 Å². The average Bonchev–Trinajstić information content (AvgIpc) is 2.35. The second-order valence-corrected chi connectivity index (χ2v) is 4.82. The van der Waals surface area contributed by atoms with Crippen molar-refractivity contribution >= 4 is 17.7 Å². The number of esters is 1. The zero-order valence-corrected chi connectivity index (χ0v) is 11.6. The van der Waals surface area contributed by atoms with Crippen LogP contribution < -0.4 is 0 Å². The smallest absolute Gasteiger partial charge is 0.446 e. The van der Waals surface area contributed by atoms with E-state index in [1.807, 2.05) is 0 Å². The first kappa shape index (κ1) is 18.2. The normalized spacial score (nSPS) is 11.9. The Labute approximate surface area is 124 Å². The van der Waals surface area contributed by atoms with Gasteiger partial charge in [-0.1, -0.05) is 0 Å². The second-order valence-electron chi connectivity index (χ2n) is 3.74. The van der Waals surface area contributed by atoms with E-state index in [1.54, 1.807) is 0 Å². The Hall–Kier alpha value is -1.89. The molecule has 22 heavy (non-hydrogen) atoms. The van der Waals surface area contributed by atoms with Gasteiger partial charge in [0.25, 0.3) is 0 Å². The van der Waals surface area contributed by atoms with Gasteiger partial charge in [0.05, 0.1) is 23.3 Å². The quantitative estimate of drug-likeness (QED) is 0.465. The molecule has 0 saturated heterocycles. The zero-order valence-electron chi connectivity index (χ0n) is 10.8. The summed E-state index contributed by atoms with van der Waals surface area (Å²) in [5, 5.41) is 8.78. The van der Waals surface area contributed by atoms with Crippen molar-refractivity contribution in [2.75, 3.05) is 6.61 Å². The summed E-state index contributed by atoms with van der Waals surface area (Å²) in [7, 11) is 0. The third kappa shape index (κ3) is 4.30. The van der Waals surface area contributed by atoms with Gasteiger partial charge in [-0.05, 0) is 30.8 Å². The number of nitrogens with zero attached hydrogens (tertiary/aromatic N) is 1. The molecule has 0 heterocycles. The highest BCUT2D eigenvalue weighted by Gasteiger charge is 2.41. The molecular weight excluding hydrogens is 336 g/mol. The van der Waals surface area contributed by atoms with Crippen molar-refractivity contribution in [3.05, 3.63) is 28.8 Å². The highest BCUT2D eigenvalue weighted by Crippen LogP contribution is 2.44. The summed E-state index contributed by atoms with van der Waals surface area (Å²) < 4.78 is 80.7. The van der Waals surface area contributed by atoms with E-state index in [2.05, 4.69) is 4.74 Å². The first-order valence-electron chi connectivity index (χ1n) is 5.58. The highest BCUT2D eigenvalue weighted by atomic mass is 32.2. The fourth-order valence-electron chi connectivity index (χ4n) is 1.53. The minimum Gasteiger partial charge on any atom is -0.462 e. The van der Waals surface area contributed by atoms with Crippen LogP contribution in [0.25, 0.3) is 0 Å². The van der Waals surface area contributed by atoms with Crippen molar-refractivity contribution in [3.63, 3.8) is 0 Å². The van der Waals surface area contributed by atoms with Gasteiger partial charge in [0.1, 0.15) is 6.07 Å². The van der Waals surface area contributed by atoms with Crippen LogP contribution in [-0.4, -0.2) is 18.1 Å². The number of hydrogen-bond donors (Lipinski definition) is 0. The minimum atomic E-state index is -5.07. The van der Waals surface area contributed by atoms with E-state index in [1.165, 1.54) is 13.0 Å². The fraction of sp³-hybridized carbons (Fsp3) is 0.333. The summed E-state index contributed by atoms with van der Waals surface area (Å²) in [6, 6.07) is 2.30. The Kier molecular flexibility index (Phi) is 5.35. The first-order valence-corrected chi connectivity index (χ1v) is 6.40. The molecule has 0 atom stereocenters. The molecule has 1 aromatic rings. The van der Waals surface area contributed by atoms with Crippen molar-refractivity contribution in [1.29, 1.82) is 5.26 Å². The molecule has 0 aliphatic heterocycles. The number of rotatable bonds is 3. The third-order valence-corrected chi connectivity index (χ3v) is 3.14. The third-order valence-electron chi connectivity index (χ3n) is 2.28. The molecule has 0 radical (unpaired) electrons. The Morgan fingerprint density at radius 1 is 1.27 bits per heavy atom. The summed E-state index contributed by atoms with van der Waals surface area (Å²) >= 11 is -0.960. The molecule has 0 spiro atoms. The first-order chi connectivity index (χ1) is 10.0. The van der Waals surface area contributed by atoms with E-state index in [4.69, 9.17) is 5.26 Å². The molecule has 0 unspecified atom stereocenters. The Morgan fingerprint density at radius 3 is 2.27 bits per heavy atom. The number of carbonyl (C=O) groups excluding carboxylic acids is 1. The SMILES string of the molecule is CCOC(=O)c1c(C(F)(F)F)ccc(C#N)c1SC(F)(F)F. The van der Waals surface area contributed by atoms with E-state index in [9.17, 15) is 31.1 Å². The van der Waals surface area contributed by atoms with E-state index in [0.29, 0.717) is 12.1 Å². The van der Waals surface area contributed by atoms with Crippen molar-refractivity contribution in [2.45, 2.75) is 23.5 Å². The number of benzene rings is 1. The number of nitriles is 1. The average molecular weight is 343 g/mol. The van der Waals surface area contributed by atoms with Crippen molar-refractivity contribution < 1.29 is 35.9 Å². The van der Waals surface area contributed by atoms with E-state index in [0.717, 1.165) is 0 Å². The van der Waals surface area contributed by atoms with Gasteiger partial charge in [-0.3, -0.25) is 0 Å². The van der Waals surface area contributed by atoms with Crippen LogP contribution in [0, 0.1) is 11.3 Å². The molecule has 1 aromatic carbocycles. The topological polar surface area (TPSA) is 50.1 Å². The molecule has 0 N–H and O–H groups in total. The van der Waals surface area contributed by atoms with Gasteiger partial charge in [0, 0.05) is 4.90 Å². The Morgan fingerprint density at radius 2 is 1.86 bits per heavy atom. The molecule has 0 amide bonds. The molecule has 120 valence electrons. The van der Waals surface area contributed by atoms with Gasteiger partial charge < -0.3 is 4.74 Å². The molecular formula is C12H7F6NO2S. The standard InChI is InChI=1S/C12H7F6NO2S/c1-2-21-10(20)8-7(11(13,14)15)4-3-6(5-19)9(8)22-12(16,17)18/h3-4H,2H2,1H3. The van der Waals surface area contributed by atoms with Gasteiger partial charge >= 0.3 is 17.7 Å². The van der Waals surface area contributed by atoms with E-state index < -0.39 is 51.0 Å². The summed E-state index contributed by atoms with van der Waals surface area (Å²) in [5.41, 5.74) is -8.57. The number of halogens is 6. The molecule has 10 heteroatoms. The number of ether oxygens (including phenoxy) is 1. The molecule has 0 fully saturated rings. The van der Waals surface area contributed by atoms with Crippen LogP contribution >= 0.6 is 11.8 Å². The molecule has 0 saturated carbocycles. The Bertz CT molecular complexity index is 618. The van der Waals surface area contributed by atoms with Crippen molar-refractivity contribution in [2.24, 2.45) is 0 Å². The molecule has 0 aliphatic rings. The van der Waals surface area contributed by atoms with Gasteiger partial charge in [-0.25, -0.2) is 4.79 Å². The maximum Gasteiger partial charge on any atom is 0.446 e. The van der Waals surface area contributed by atoms with Gasteiger partial charge in [0.15, 0.2) is 0 Å². The number of carbonyl (C=O) groups is 1. The van der Waals surface area contributed by atoms with Crippen molar-refractivity contribution in [3.8, 4) is 6.07 Å². The lowest BCUT2D eigenvalue weighted by Crippen LogP contribution is -2.18. The monoisotopic (exact) mass is 343 g/mol. The van der Waals surface area contributed by atoms with Crippen LogP contribution in [0.1, 0.15) is 28.4 Å². The van der Waals surface area contributed by atoms with E-state index in [-0.39, 0.29) is 6.61 Å². The van der Waals surface area contributed by atoms with Crippen LogP contribution in [-0.2, 0) is 10.9 Å². The van der Waals surface area contributed by atoms with Crippen molar-refractivity contribution in [1.82, 2.24) is 0 Å². The highest BCUT2D eigenvalue weighted by molar-refractivity contribution is 8.00. The number of alkyl halides is 6.